The number of ether oxygens (including phenoxy) is 1. The summed E-state index contributed by atoms with van der Waals surface area (Å²) in [5.74, 6) is 0.189. The van der Waals surface area contributed by atoms with Crippen molar-refractivity contribution >= 4 is 37.5 Å². The van der Waals surface area contributed by atoms with Crippen LogP contribution in [0.15, 0.2) is 57.9 Å². The third-order valence-corrected chi connectivity index (χ3v) is 6.22. The Morgan fingerprint density at radius 1 is 1.12 bits per heavy atom. The van der Waals surface area contributed by atoms with Crippen LogP contribution in [-0.4, -0.2) is 38.3 Å². The van der Waals surface area contributed by atoms with Gasteiger partial charge in [0.15, 0.2) is 0 Å². The number of carbonyl (C=O) groups excluding carboxylic acids is 1. The molecule has 0 spiro atoms. The number of rotatable bonds is 8. The molecule has 2 rings (SSSR count). The van der Waals surface area contributed by atoms with Crippen LogP contribution in [-0.2, 0) is 14.8 Å². The maximum absolute atomic E-state index is 12.8. The van der Waals surface area contributed by atoms with Crippen LogP contribution in [0.25, 0.3) is 0 Å². The first kappa shape index (κ1) is 20.4. The molecule has 26 heavy (non-hydrogen) atoms. The quantitative estimate of drug-likeness (QED) is 0.681. The smallest absolute Gasteiger partial charge is 0.243 e. The standard InChI is InChI=1S/C18H21BrN2O4S/c1-3-21(13-18(22)20-17-8-6-5-7-16(17)19)26(23,24)15-11-9-14(10-12-15)25-4-2/h5-12H,3-4,13H2,1-2H3,(H,20,22). The van der Waals surface area contributed by atoms with Crippen molar-refractivity contribution in [2.75, 3.05) is 25.0 Å². The lowest BCUT2D eigenvalue weighted by molar-refractivity contribution is -0.116. The lowest BCUT2D eigenvalue weighted by atomic mass is 10.3. The van der Waals surface area contributed by atoms with E-state index >= 15 is 0 Å². The Kier molecular flexibility index (Phi) is 7.19. The lowest BCUT2D eigenvalue weighted by Crippen LogP contribution is -2.37. The third-order valence-electron chi connectivity index (χ3n) is 3.59. The Balaban J connectivity index is 2.13. The minimum atomic E-state index is -3.78. The van der Waals surface area contributed by atoms with Crippen molar-refractivity contribution < 1.29 is 17.9 Å². The molecule has 0 radical (unpaired) electrons. The van der Waals surface area contributed by atoms with Crippen molar-refractivity contribution in [3.8, 4) is 5.75 Å². The predicted octanol–water partition coefficient (Wildman–Crippen LogP) is 3.50. The van der Waals surface area contributed by atoms with Crippen LogP contribution in [0.4, 0.5) is 5.69 Å². The first-order valence-corrected chi connectivity index (χ1v) is 10.4. The van der Waals surface area contributed by atoms with Crippen LogP contribution in [0.5, 0.6) is 5.75 Å². The molecule has 0 heterocycles. The Morgan fingerprint density at radius 3 is 2.35 bits per heavy atom. The Morgan fingerprint density at radius 2 is 1.77 bits per heavy atom. The van der Waals surface area contributed by atoms with Crippen LogP contribution in [0.2, 0.25) is 0 Å². The summed E-state index contributed by atoms with van der Waals surface area (Å²) >= 11 is 3.35. The van der Waals surface area contributed by atoms with Gasteiger partial charge in [0, 0.05) is 11.0 Å². The van der Waals surface area contributed by atoms with E-state index in [0.717, 1.165) is 8.78 Å². The van der Waals surface area contributed by atoms with E-state index in [0.29, 0.717) is 18.0 Å². The van der Waals surface area contributed by atoms with E-state index in [1.807, 2.05) is 13.0 Å². The molecule has 140 valence electrons. The molecule has 0 aliphatic heterocycles. The summed E-state index contributed by atoms with van der Waals surface area (Å²) < 4.78 is 32.8. The average molecular weight is 441 g/mol. The highest BCUT2D eigenvalue weighted by Crippen LogP contribution is 2.22. The van der Waals surface area contributed by atoms with Gasteiger partial charge in [-0.25, -0.2) is 8.42 Å². The summed E-state index contributed by atoms with van der Waals surface area (Å²) in [7, 11) is -3.78. The minimum absolute atomic E-state index is 0.122. The van der Waals surface area contributed by atoms with Gasteiger partial charge in [-0.15, -0.1) is 0 Å². The van der Waals surface area contributed by atoms with Crippen molar-refractivity contribution in [3.63, 3.8) is 0 Å². The summed E-state index contributed by atoms with van der Waals surface area (Å²) in [5, 5.41) is 2.71. The number of benzene rings is 2. The van der Waals surface area contributed by atoms with Crippen molar-refractivity contribution in [3.05, 3.63) is 53.0 Å². The lowest BCUT2D eigenvalue weighted by Gasteiger charge is -2.20. The molecule has 0 aromatic heterocycles. The maximum Gasteiger partial charge on any atom is 0.243 e. The second-order valence-corrected chi connectivity index (χ2v) is 8.16. The van der Waals surface area contributed by atoms with Crippen molar-refractivity contribution in [2.45, 2.75) is 18.7 Å². The molecule has 0 bridgehead atoms. The first-order chi connectivity index (χ1) is 12.4. The Labute approximate surface area is 162 Å². The highest BCUT2D eigenvalue weighted by molar-refractivity contribution is 9.10. The fourth-order valence-electron chi connectivity index (χ4n) is 2.30. The Bertz CT molecular complexity index is 854. The van der Waals surface area contributed by atoms with Crippen LogP contribution in [0, 0.1) is 0 Å². The summed E-state index contributed by atoms with van der Waals surface area (Å²) in [4.78, 5) is 12.4. The van der Waals surface area contributed by atoms with Gasteiger partial charge >= 0.3 is 0 Å². The normalized spacial score (nSPS) is 11.4. The fourth-order valence-corrected chi connectivity index (χ4v) is 4.09. The second kappa shape index (κ2) is 9.16. The van der Waals surface area contributed by atoms with Crippen LogP contribution < -0.4 is 10.1 Å². The predicted molar refractivity (Wildman–Crippen MR) is 105 cm³/mol. The van der Waals surface area contributed by atoms with Gasteiger partial charge in [-0.3, -0.25) is 4.79 Å². The number of hydrogen-bond acceptors (Lipinski definition) is 4. The van der Waals surface area contributed by atoms with Gasteiger partial charge in [-0.1, -0.05) is 19.1 Å². The van der Waals surface area contributed by atoms with Gasteiger partial charge < -0.3 is 10.1 Å². The van der Waals surface area contributed by atoms with E-state index in [-0.39, 0.29) is 18.0 Å². The minimum Gasteiger partial charge on any atom is -0.494 e. The summed E-state index contributed by atoms with van der Waals surface area (Å²) in [5.41, 5.74) is 0.590. The molecule has 8 heteroatoms. The van der Waals surface area contributed by atoms with E-state index in [1.165, 1.54) is 12.1 Å². The largest absolute Gasteiger partial charge is 0.494 e. The van der Waals surface area contributed by atoms with E-state index in [1.54, 1.807) is 37.3 Å². The van der Waals surface area contributed by atoms with E-state index < -0.39 is 15.9 Å². The topological polar surface area (TPSA) is 75.7 Å². The molecular weight excluding hydrogens is 420 g/mol. The molecule has 0 fully saturated rings. The summed E-state index contributed by atoms with van der Waals surface area (Å²) in [6, 6.07) is 13.3. The number of para-hydroxylation sites is 1. The van der Waals surface area contributed by atoms with E-state index in [4.69, 9.17) is 4.74 Å². The zero-order valence-electron chi connectivity index (χ0n) is 14.6. The third kappa shape index (κ3) is 5.06. The molecule has 0 atom stereocenters. The molecule has 2 aromatic rings. The monoisotopic (exact) mass is 440 g/mol. The summed E-state index contributed by atoms with van der Waals surface area (Å²) in [6.07, 6.45) is 0. The number of hydrogen-bond donors (Lipinski definition) is 1. The SMILES string of the molecule is CCOc1ccc(S(=O)(=O)N(CC)CC(=O)Nc2ccccc2Br)cc1. The van der Waals surface area contributed by atoms with Gasteiger partial charge in [-0.05, 0) is 59.3 Å². The van der Waals surface area contributed by atoms with Gasteiger partial charge in [0.1, 0.15) is 5.75 Å². The van der Waals surface area contributed by atoms with Gasteiger partial charge in [0.25, 0.3) is 0 Å². The van der Waals surface area contributed by atoms with Crippen molar-refractivity contribution in [1.29, 1.82) is 0 Å². The molecule has 0 aliphatic carbocycles. The number of nitrogens with zero attached hydrogens (tertiary/aromatic N) is 1. The Hall–Kier alpha value is -1.90. The number of carbonyl (C=O) groups is 1. The number of sulfonamides is 1. The number of anilines is 1. The molecule has 0 aliphatic rings. The van der Waals surface area contributed by atoms with E-state index in [2.05, 4.69) is 21.2 Å². The molecule has 0 saturated carbocycles. The fraction of sp³-hybridized carbons (Fsp3) is 0.278. The van der Waals surface area contributed by atoms with E-state index in [9.17, 15) is 13.2 Å². The number of amides is 1. The molecule has 6 nitrogen and oxygen atoms in total. The first-order valence-electron chi connectivity index (χ1n) is 8.15. The molecular formula is C18H21BrN2O4S. The van der Waals surface area contributed by atoms with Gasteiger partial charge in [-0.2, -0.15) is 4.31 Å². The molecule has 0 unspecified atom stereocenters. The van der Waals surface area contributed by atoms with Gasteiger partial charge in [0.2, 0.25) is 15.9 Å². The number of likely N-dealkylation sites (N-methyl/N-ethyl adjacent to an activating group) is 1. The van der Waals surface area contributed by atoms with Gasteiger partial charge in [0.05, 0.1) is 23.7 Å². The number of nitrogens with one attached hydrogen (secondary N) is 1. The average Bonchev–Trinajstić information content (AvgIpc) is 2.62. The van der Waals surface area contributed by atoms with Crippen LogP contribution >= 0.6 is 15.9 Å². The van der Waals surface area contributed by atoms with Crippen LogP contribution in [0.3, 0.4) is 0 Å². The molecule has 1 amide bonds. The zero-order valence-corrected chi connectivity index (χ0v) is 17.0. The second-order valence-electron chi connectivity index (χ2n) is 5.36. The van der Waals surface area contributed by atoms with Crippen molar-refractivity contribution in [1.82, 2.24) is 4.31 Å². The molecule has 2 aromatic carbocycles. The maximum atomic E-state index is 12.8. The number of halogens is 1. The molecule has 0 saturated heterocycles. The zero-order chi connectivity index (χ0) is 19.2. The highest BCUT2D eigenvalue weighted by atomic mass is 79.9. The highest BCUT2D eigenvalue weighted by Gasteiger charge is 2.25. The van der Waals surface area contributed by atoms with Crippen LogP contribution in [0.1, 0.15) is 13.8 Å². The summed E-state index contributed by atoms with van der Waals surface area (Å²) in [6.45, 7) is 3.96. The van der Waals surface area contributed by atoms with Crippen molar-refractivity contribution in [2.24, 2.45) is 0 Å². The molecule has 1 N–H and O–H groups in total.